The van der Waals surface area contributed by atoms with Gasteiger partial charge in [0.25, 0.3) is 5.91 Å². The standard InChI is InChI=1S/C29H35F3N2O5S/c1-4-38-23-8-6-5-7-20(23)18-33-14-11-28(25(19-33)39-27(36)29(30,31)32)12-15-34(16-13-28)26(35)22-10-9-21(40-3)17-24(22)37-2/h5-10,17,25H,4,11-16,18-19H2,1-3H3. The summed E-state index contributed by atoms with van der Waals surface area (Å²) in [7, 11) is 1.52. The van der Waals surface area contributed by atoms with Crippen molar-refractivity contribution in [3.63, 3.8) is 0 Å². The Balaban J connectivity index is 1.50. The van der Waals surface area contributed by atoms with Gasteiger partial charge in [-0.15, -0.1) is 11.8 Å². The molecule has 0 N–H and O–H groups in total. The van der Waals surface area contributed by atoms with Crippen molar-refractivity contribution in [3.8, 4) is 11.5 Å². The molecule has 0 aromatic heterocycles. The lowest BCUT2D eigenvalue weighted by molar-refractivity contribution is -0.216. The molecule has 4 rings (SSSR count). The smallest absolute Gasteiger partial charge is 0.490 e. The van der Waals surface area contributed by atoms with Gasteiger partial charge >= 0.3 is 12.1 Å². The number of nitrogens with zero attached hydrogens (tertiary/aromatic N) is 2. The summed E-state index contributed by atoms with van der Waals surface area (Å²) in [5, 5.41) is 0. The monoisotopic (exact) mass is 580 g/mol. The number of alkyl halides is 3. The van der Waals surface area contributed by atoms with E-state index in [1.807, 2.05) is 54.5 Å². The summed E-state index contributed by atoms with van der Waals surface area (Å²) < 4.78 is 56.1. The van der Waals surface area contributed by atoms with Crippen LogP contribution in [0.2, 0.25) is 0 Å². The number of hydrogen-bond acceptors (Lipinski definition) is 7. The molecule has 0 saturated carbocycles. The van der Waals surface area contributed by atoms with E-state index >= 15 is 0 Å². The average Bonchev–Trinajstić information content (AvgIpc) is 2.95. The van der Waals surface area contributed by atoms with Crippen LogP contribution in [0.15, 0.2) is 47.4 Å². The van der Waals surface area contributed by atoms with Crippen LogP contribution in [0.1, 0.15) is 42.1 Å². The number of ether oxygens (including phenoxy) is 3. The molecule has 0 aliphatic carbocycles. The first-order chi connectivity index (χ1) is 19.1. The third-order valence-corrected chi connectivity index (χ3v) is 8.59. The Morgan fingerprint density at radius 2 is 1.75 bits per heavy atom. The summed E-state index contributed by atoms with van der Waals surface area (Å²) in [6.07, 6.45) is -2.69. The van der Waals surface area contributed by atoms with E-state index < -0.39 is 23.7 Å². The van der Waals surface area contributed by atoms with Crippen molar-refractivity contribution in [3.05, 3.63) is 53.6 Å². The number of amides is 1. The Morgan fingerprint density at radius 1 is 1.05 bits per heavy atom. The number of para-hydroxylation sites is 1. The lowest BCUT2D eigenvalue weighted by atomic mass is 9.69. The molecule has 1 atom stereocenters. The SMILES string of the molecule is CCOc1ccccc1CN1CCC2(CCN(C(=O)c3ccc(SC)cc3OC)CC2)C(OC(=O)C(F)(F)F)C1. The van der Waals surface area contributed by atoms with E-state index in [2.05, 4.69) is 0 Å². The predicted octanol–water partition coefficient (Wildman–Crippen LogP) is 5.42. The van der Waals surface area contributed by atoms with Crippen LogP contribution < -0.4 is 9.47 Å². The molecular formula is C29H35F3N2O5S. The number of piperidine rings is 2. The van der Waals surface area contributed by atoms with Gasteiger partial charge in [0.2, 0.25) is 0 Å². The summed E-state index contributed by atoms with van der Waals surface area (Å²) in [6.45, 7) is 4.33. The summed E-state index contributed by atoms with van der Waals surface area (Å²) in [6, 6.07) is 13.0. The fourth-order valence-electron chi connectivity index (χ4n) is 5.61. The van der Waals surface area contributed by atoms with Gasteiger partial charge in [0.1, 0.15) is 17.6 Å². The summed E-state index contributed by atoms with van der Waals surface area (Å²) >= 11 is 1.54. The van der Waals surface area contributed by atoms with Gasteiger partial charge in [0, 0.05) is 42.1 Å². The van der Waals surface area contributed by atoms with Gasteiger partial charge in [0.15, 0.2) is 0 Å². The van der Waals surface area contributed by atoms with Crippen LogP contribution in [0, 0.1) is 5.41 Å². The van der Waals surface area contributed by atoms with Gasteiger partial charge in [-0.3, -0.25) is 9.69 Å². The highest BCUT2D eigenvalue weighted by atomic mass is 32.2. The molecule has 11 heteroatoms. The lowest BCUT2D eigenvalue weighted by Gasteiger charge is -2.51. The van der Waals surface area contributed by atoms with Gasteiger partial charge in [-0.25, -0.2) is 4.79 Å². The van der Waals surface area contributed by atoms with Crippen LogP contribution in [0.25, 0.3) is 0 Å². The molecule has 2 aliphatic heterocycles. The predicted molar refractivity (Wildman–Crippen MR) is 146 cm³/mol. The van der Waals surface area contributed by atoms with Crippen molar-refractivity contribution >= 4 is 23.6 Å². The second-order valence-electron chi connectivity index (χ2n) is 10.1. The molecular weight excluding hydrogens is 545 g/mol. The average molecular weight is 581 g/mol. The topological polar surface area (TPSA) is 68.3 Å². The number of likely N-dealkylation sites (tertiary alicyclic amines) is 2. The van der Waals surface area contributed by atoms with E-state index in [9.17, 15) is 22.8 Å². The molecule has 218 valence electrons. The summed E-state index contributed by atoms with van der Waals surface area (Å²) in [5.74, 6) is -1.16. The molecule has 2 aliphatic rings. The zero-order chi connectivity index (χ0) is 28.9. The minimum atomic E-state index is -5.08. The zero-order valence-corrected chi connectivity index (χ0v) is 23.8. The van der Waals surface area contributed by atoms with Crippen LogP contribution in [-0.4, -0.2) is 80.1 Å². The lowest BCUT2D eigenvalue weighted by Crippen LogP contribution is -2.57. The Hall–Kier alpha value is -2.92. The van der Waals surface area contributed by atoms with E-state index in [0.29, 0.717) is 63.4 Å². The number of halogens is 3. The van der Waals surface area contributed by atoms with Crippen LogP contribution in [0.3, 0.4) is 0 Å². The van der Waals surface area contributed by atoms with Crippen LogP contribution in [0.5, 0.6) is 11.5 Å². The van der Waals surface area contributed by atoms with E-state index in [1.54, 1.807) is 22.7 Å². The largest absolute Gasteiger partial charge is 0.496 e. The molecule has 1 spiro atoms. The Bertz CT molecular complexity index is 1200. The van der Waals surface area contributed by atoms with Crippen molar-refractivity contribution in [2.75, 3.05) is 46.2 Å². The highest BCUT2D eigenvalue weighted by Gasteiger charge is 2.51. The van der Waals surface area contributed by atoms with Crippen molar-refractivity contribution in [1.82, 2.24) is 9.80 Å². The molecule has 2 aromatic carbocycles. The fraction of sp³-hybridized carbons (Fsp3) is 0.517. The van der Waals surface area contributed by atoms with E-state index in [1.165, 1.54) is 7.11 Å². The van der Waals surface area contributed by atoms with Gasteiger partial charge in [-0.1, -0.05) is 18.2 Å². The number of carbonyl (C=O) groups is 2. The number of thioether (sulfide) groups is 1. The number of carbonyl (C=O) groups excluding carboxylic acids is 2. The van der Waals surface area contributed by atoms with Crippen molar-refractivity contribution in [2.24, 2.45) is 5.41 Å². The molecule has 2 aromatic rings. The number of rotatable bonds is 8. The number of hydrogen-bond donors (Lipinski definition) is 0. The molecule has 7 nitrogen and oxygen atoms in total. The quantitative estimate of drug-likeness (QED) is 0.305. The Kier molecular flexibility index (Phi) is 9.56. The van der Waals surface area contributed by atoms with Gasteiger partial charge in [-0.2, -0.15) is 13.2 Å². The van der Waals surface area contributed by atoms with Gasteiger partial charge < -0.3 is 19.1 Å². The van der Waals surface area contributed by atoms with Crippen LogP contribution in [0.4, 0.5) is 13.2 Å². The van der Waals surface area contributed by atoms with Gasteiger partial charge in [-0.05, 0) is 63.3 Å². The molecule has 2 saturated heterocycles. The molecule has 40 heavy (non-hydrogen) atoms. The van der Waals surface area contributed by atoms with E-state index in [-0.39, 0.29) is 12.5 Å². The fourth-order valence-corrected chi connectivity index (χ4v) is 6.04. The molecule has 2 fully saturated rings. The third kappa shape index (κ3) is 6.68. The van der Waals surface area contributed by atoms with Crippen molar-refractivity contribution < 1.29 is 37.0 Å². The summed E-state index contributed by atoms with van der Waals surface area (Å²) in [5.41, 5.74) is 0.711. The minimum Gasteiger partial charge on any atom is -0.496 e. The molecule has 1 amide bonds. The highest BCUT2D eigenvalue weighted by Crippen LogP contribution is 2.44. The van der Waals surface area contributed by atoms with Crippen molar-refractivity contribution in [2.45, 2.75) is 49.9 Å². The Morgan fingerprint density at radius 3 is 2.40 bits per heavy atom. The maximum atomic E-state index is 13.4. The van der Waals surface area contributed by atoms with E-state index in [4.69, 9.17) is 14.2 Å². The van der Waals surface area contributed by atoms with Crippen molar-refractivity contribution in [1.29, 1.82) is 0 Å². The third-order valence-electron chi connectivity index (χ3n) is 7.87. The normalized spacial score (nSPS) is 19.4. The number of benzene rings is 2. The second kappa shape index (κ2) is 12.7. The number of esters is 1. The molecule has 0 bridgehead atoms. The molecule has 2 heterocycles. The first kappa shape index (κ1) is 30.0. The molecule has 0 radical (unpaired) electrons. The van der Waals surface area contributed by atoms with Gasteiger partial charge in [0.05, 0.1) is 19.3 Å². The van der Waals surface area contributed by atoms with Crippen LogP contribution in [-0.2, 0) is 16.1 Å². The highest BCUT2D eigenvalue weighted by molar-refractivity contribution is 7.98. The first-order valence-electron chi connectivity index (χ1n) is 13.3. The number of methoxy groups -OCH3 is 1. The zero-order valence-electron chi connectivity index (χ0n) is 23.0. The Labute approximate surface area is 236 Å². The summed E-state index contributed by atoms with van der Waals surface area (Å²) in [4.78, 5) is 30.0. The maximum Gasteiger partial charge on any atom is 0.490 e. The molecule has 1 unspecified atom stereocenters. The maximum absolute atomic E-state index is 13.4. The van der Waals surface area contributed by atoms with E-state index in [0.717, 1.165) is 16.2 Å². The minimum absolute atomic E-state index is 0.167. The second-order valence-corrected chi connectivity index (χ2v) is 11.0. The van der Waals surface area contributed by atoms with Crippen LogP contribution >= 0.6 is 11.8 Å². The first-order valence-corrected chi connectivity index (χ1v) is 14.5.